The van der Waals surface area contributed by atoms with Crippen LogP contribution in [0.1, 0.15) is 24.1 Å². The Kier molecular flexibility index (Phi) is 6.60. The molecule has 0 amide bonds. The van der Waals surface area contributed by atoms with Gasteiger partial charge in [-0.25, -0.2) is 0 Å². The highest BCUT2D eigenvalue weighted by atomic mass is 35.5. The standard InChI is InChI=1S/C18H21Cl2NO3/c1-11(12-5-6-14(19)15(20)7-12)21-10-13-8-17(23-3)18(24-4)9-16(13)22-2/h5-9,11,21H,10H2,1-4H3/t11-/m0/s1. The Morgan fingerprint density at radius 1 is 0.875 bits per heavy atom. The molecule has 0 aliphatic rings. The topological polar surface area (TPSA) is 39.7 Å². The van der Waals surface area contributed by atoms with Gasteiger partial charge in [-0.05, 0) is 30.7 Å². The van der Waals surface area contributed by atoms with E-state index >= 15 is 0 Å². The lowest BCUT2D eigenvalue weighted by molar-refractivity contribution is 0.346. The first kappa shape index (κ1) is 18.7. The molecule has 4 nitrogen and oxygen atoms in total. The minimum absolute atomic E-state index is 0.0950. The quantitative estimate of drug-likeness (QED) is 0.755. The summed E-state index contributed by atoms with van der Waals surface area (Å²) in [4.78, 5) is 0. The maximum absolute atomic E-state index is 6.09. The Morgan fingerprint density at radius 3 is 2.08 bits per heavy atom. The van der Waals surface area contributed by atoms with Gasteiger partial charge in [-0.2, -0.15) is 0 Å². The Balaban J connectivity index is 2.16. The predicted molar refractivity (Wildman–Crippen MR) is 97.8 cm³/mol. The van der Waals surface area contributed by atoms with Gasteiger partial charge in [0.05, 0.1) is 31.4 Å². The van der Waals surface area contributed by atoms with Gasteiger partial charge in [0.25, 0.3) is 0 Å². The first-order chi connectivity index (χ1) is 11.5. The maximum atomic E-state index is 6.09. The van der Waals surface area contributed by atoms with Crippen LogP contribution in [0.15, 0.2) is 30.3 Å². The van der Waals surface area contributed by atoms with E-state index in [4.69, 9.17) is 37.4 Å². The van der Waals surface area contributed by atoms with Gasteiger partial charge in [0.15, 0.2) is 11.5 Å². The zero-order valence-corrected chi connectivity index (χ0v) is 15.7. The fraction of sp³-hybridized carbons (Fsp3) is 0.333. The molecule has 1 atom stereocenters. The number of halogens is 2. The number of rotatable bonds is 7. The molecule has 2 aromatic rings. The van der Waals surface area contributed by atoms with E-state index in [1.807, 2.05) is 24.3 Å². The van der Waals surface area contributed by atoms with Crippen molar-refractivity contribution in [3.8, 4) is 17.2 Å². The lowest BCUT2D eigenvalue weighted by atomic mass is 10.1. The van der Waals surface area contributed by atoms with E-state index in [0.29, 0.717) is 28.1 Å². The van der Waals surface area contributed by atoms with Crippen LogP contribution in [-0.2, 0) is 6.54 Å². The first-order valence-electron chi connectivity index (χ1n) is 7.47. The summed E-state index contributed by atoms with van der Waals surface area (Å²) in [5.41, 5.74) is 2.03. The van der Waals surface area contributed by atoms with Crippen LogP contribution in [0.3, 0.4) is 0 Å². The summed E-state index contributed by atoms with van der Waals surface area (Å²) >= 11 is 12.1. The van der Waals surface area contributed by atoms with E-state index in [2.05, 4.69) is 12.2 Å². The van der Waals surface area contributed by atoms with Gasteiger partial charge in [-0.3, -0.25) is 0 Å². The normalized spacial score (nSPS) is 11.9. The van der Waals surface area contributed by atoms with Crippen LogP contribution in [0, 0.1) is 0 Å². The molecule has 2 rings (SSSR count). The average molecular weight is 370 g/mol. The second kappa shape index (κ2) is 8.47. The molecular formula is C18H21Cl2NO3. The lowest BCUT2D eigenvalue weighted by Crippen LogP contribution is -2.18. The zero-order valence-electron chi connectivity index (χ0n) is 14.2. The van der Waals surface area contributed by atoms with E-state index in [1.165, 1.54) is 0 Å². The van der Waals surface area contributed by atoms with Crippen molar-refractivity contribution < 1.29 is 14.2 Å². The van der Waals surface area contributed by atoms with Gasteiger partial charge in [0.1, 0.15) is 5.75 Å². The monoisotopic (exact) mass is 369 g/mol. The molecule has 0 unspecified atom stereocenters. The van der Waals surface area contributed by atoms with Crippen LogP contribution >= 0.6 is 23.2 Å². The van der Waals surface area contributed by atoms with E-state index in [1.54, 1.807) is 27.4 Å². The molecule has 0 aliphatic carbocycles. The highest BCUT2D eigenvalue weighted by molar-refractivity contribution is 6.42. The van der Waals surface area contributed by atoms with Gasteiger partial charge >= 0.3 is 0 Å². The molecule has 130 valence electrons. The van der Waals surface area contributed by atoms with E-state index in [-0.39, 0.29) is 6.04 Å². The molecule has 0 saturated carbocycles. The van der Waals surface area contributed by atoms with Gasteiger partial charge < -0.3 is 19.5 Å². The number of hydrogen-bond donors (Lipinski definition) is 1. The van der Waals surface area contributed by atoms with Crippen molar-refractivity contribution in [3.63, 3.8) is 0 Å². The number of ether oxygens (including phenoxy) is 3. The van der Waals surface area contributed by atoms with Crippen molar-refractivity contribution in [3.05, 3.63) is 51.5 Å². The maximum Gasteiger partial charge on any atom is 0.164 e. The Hall–Kier alpha value is -1.62. The summed E-state index contributed by atoms with van der Waals surface area (Å²) < 4.78 is 16.1. The number of benzene rings is 2. The van der Waals surface area contributed by atoms with Gasteiger partial charge in [-0.1, -0.05) is 29.3 Å². The SMILES string of the molecule is COc1cc(OC)c(OC)cc1CN[C@@H](C)c1ccc(Cl)c(Cl)c1. The van der Waals surface area contributed by atoms with Crippen LogP contribution in [0.5, 0.6) is 17.2 Å². The second-order valence-corrected chi connectivity index (χ2v) is 6.11. The van der Waals surface area contributed by atoms with Crippen LogP contribution in [0.4, 0.5) is 0 Å². The van der Waals surface area contributed by atoms with Crippen molar-refractivity contribution in [1.82, 2.24) is 5.32 Å². The molecule has 0 heterocycles. The minimum atomic E-state index is 0.0950. The van der Waals surface area contributed by atoms with E-state index < -0.39 is 0 Å². The molecule has 0 bridgehead atoms. The molecule has 0 aliphatic heterocycles. The summed E-state index contributed by atoms with van der Waals surface area (Å²) in [7, 11) is 4.84. The van der Waals surface area contributed by atoms with Crippen molar-refractivity contribution >= 4 is 23.2 Å². The van der Waals surface area contributed by atoms with Crippen LogP contribution in [0.25, 0.3) is 0 Å². The Morgan fingerprint density at radius 2 is 1.50 bits per heavy atom. The van der Waals surface area contributed by atoms with E-state index in [9.17, 15) is 0 Å². The number of nitrogens with one attached hydrogen (secondary N) is 1. The van der Waals surface area contributed by atoms with Crippen molar-refractivity contribution in [1.29, 1.82) is 0 Å². The predicted octanol–water partition coefficient (Wildman–Crippen LogP) is 4.87. The average Bonchev–Trinajstić information content (AvgIpc) is 2.60. The zero-order chi connectivity index (χ0) is 17.7. The molecule has 0 fully saturated rings. The van der Waals surface area contributed by atoms with Crippen LogP contribution in [0.2, 0.25) is 10.0 Å². The largest absolute Gasteiger partial charge is 0.496 e. The summed E-state index contributed by atoms with van der Waals surface area (Å²) in [6.45, 7) is 2.66. The molecule has 6 heteroatoms. The Labute approximate surface area is 152 Å². The van der Waals surface area contributed by atoms with Crippen molar-refractivity contribution in [2.24, 2.45) is 0 Å². The van der Waals surface area contributed by atoms with Gasteiger partial charge in [0.2, 0.25) is 0 Å². The molecule has 0 aromatic heterocycles. The molecule has 1 N–H and O–H groups in total. The molecule has 0 spiro atoms. The first-order valence-corrected chi connectivity index (χ1v) is 8.23. The summed E-state index contributed by atoms with van der Waals surface area (Å²) in [6, 6.07) is 9.45. The molecule has 0 radical (unpaired) electrons. The number of hydrogen-bond acceptors (Lipinski definition) is 4. The fourth-order valence-electron chi connectivity index (χ4n) is 2.39. The molecular weight excluding hydrogens is 349 g/mol. The smallest absolute Gasteiger partial charge is 0.164 e. The van der Waals surface area contributed by atoms with Gasteiger partial charge in [-0.15, -0.1) is 0 Å². The summed E-state index contributed by atoms with van der Waals surface area (Å²) in [5, 5.41) is 4.55. The molecule has 0 saturated heterocycles. The van der Waals surface area contributed by atoms with Crippen molar-refractivity contribution in [2.45, 2.75) is 19.5 Å². The van der Waals surface area contributed by atoms with Crippen LogP contribution < -0.4 is 19.5 Å². The molecule has 24 heavy (non-hydrogen) atoms. The lowest BCUT2D eigenvalue weighted by Gasteiger charge is -2.18. The van der Waals surface area contributed by atoms with E-state index in [0.717, 1.165) is 16.9 Å². The summed E-state index contributed by atoms with van der Waals surface area (Å²) in [6.07, 6.45) is 0. The highest BCUT2D eigenvalue weighted by Crippen LogP contribution is 2.35. The Bertz CT molecular complexity index is 707. The van der Waals surface area contributed by atoms with Gasteiger partial charge in [0, 0.05) is 24.2 Å². The third-order valence-electron chi connectivity index (χ3n) is 3.83. The van der Waals surface area contributed by atoms with Crippen LogP contribution in [-0.4, -0.2) is 21.3 Å². The molecule has 2 aromatic carbocycles. The third-order valence-corrected chi connectivity index (χ3v) is 4.57. The second-order valence-electron chi connectivity index (χ2n) is 5.30. The van der Waals surface area contributed by atoms with Crippen molar-refractivity contribution in [2.75, 3.05) is 21.3 Å². The highest BCUT2D eigenvalue weighted by Gasteiger charge is 2.13. The fourth-order valence-corrected chi connectivity index (χ4v) is 2.70. The minimum Gasteiger partial charge on any atom is -0.496 e. The summed E-state index contributed by atoms with van der Waals surface area (Å²) in [5.74, 6) is 2.04. The number of methoxy groups -OCH3 is 3. The third kappa shape index (κ3) is 4.26.